The molecule has 1 heterocycles. The van der Waals surface area contributed by atoms with Crippen LogP contribution >= 0.6 is 0 Å². The van der Waals surface area contributed by atoms with Gasteiger partial charge in [-0.15, -0.1) is 0 Å². The highest BCUT2D eigenvalue weighted by Gasteiger charge is 2.49. The lowest BCUT2D eigenvalue weighted by molar-refractivity contribution is -0.172. The first kappa shape index (κ1) is 40.6. The Labute approximate surface area is 287 Å². The molecule has 0 radical (unpaired) electrons. The third-order valence-corrected chi connectivity index (χ3v) is 8.34. The molecule has 2 rings (SSSR count). The van der Waals surface area contributed by atoms with Crippen molar-refractivity contribution in [2.45, 2.75) is 108 Å². The van der Waals surface area contributed by atoms with Gasteiger partial charge in [-0.2, -0.15) is 0 Å². The van der Waals surface area contributed by atoms with Gasteiger partial charge >= 0.3 is 17.9 Å². The molecular weight excluding hydrogens is 632 g/mol. The molecule has 0 saturated heterocycles. The average Bonchev–Trinajstić information content (AvgIpc) is 3.07. The summed E-state index contributed by atoms with van der Waals surface area (Å²) in [5, 5.41) is 42.2. The summed E-state index contributed by atoms with van der Waals surface area (Å²) in [5.74, 6) is -7.27. The smallest absolute Gasteiger partial charge is 0.337 e. The highest BCUT2D eigenvalue weighted by Crippen LogP contribution is 2.26. The van der Waals surface area contributed by atoms with E-state index in [-0.39, 0.29) is 12.2 Å². The second-order valence-corrected chi connectivity index (χ2v) is 12.3. The standard InChI is InChI=1S/C37H50N2O10/c1-3-4-5-8-11-14-29(40)15-12-9-6-7-10-13-16-30(37(48,36(46)47)24-33(41)42)34(43)39-31(35(44)45)23-26-17-19-27(20-18-26)28-21-22-32(49-2)38-25-28/h13,16-22,25,30-31,48H,3-12,14-15,23-24H2,1-2H3,(H,39,43)(H,41,42)(H,44,45)(H,46,47)/b16-13+/t30-,31+,37+/m1/s1. The Morgan fingerprint density at radius 3 is 2.00 bits per heavy atom. The fourth-order valence-corrected chi connectivity index (χ4v) is 5.44. The van der Waals surface area contributed by atoms with E-state index in [1.165, 1.54) is 19.6 Å². The third-order valence-electron chi connectivity index (χ3n) is 8.34. The van der Waals surface area contributed by atoms with E-state index < -0.39 is 47.8 Å². The van der Waals surface area contributed by atoms with Gasteiger partial charge in [0.05, 0.1) is 19.4 Å². The number of methoxy groups -OCH3 is 1. The number of carboxylic acid groups (broad SMARTS) is 3. The molecule has 0 unspecified atom stereocenters. The molecule has 0 spiro atoms. The largest absolute Gasteiger partial charge is 0.481 e. The number of amides is 1. The summed E-state index contributed by atoms with van der Waals surface area (Å²) in [6, 6.07) is 8.90. The van der Waals surface area contributed by atoms with Crippen LogP contribution in [0.2, 0.25) is 0 Å². The number of unbranched alkanes of at least 4 members (excludes halogenated alkanes) is 8. The minimum atomic E-state index is -3.03. The predicted octanol–water partition coefficient (Wildman–Crippen LogP) is 5.60. The number of rotatable bonds is 25. The number of Topliss-reactive ketones (excluding diaryl/α,β-unsaturated/α-hetero) is 1. The summed E-state index contributed by atoms with van der Waals surface area (Å²) >= 11 is 0. The quantitative estimate of drug-likeness (QED) is 0.0645. The van der Waals surface area contributed by atoms with Crippen LogP contribution in [0.25, 0.3) is 11.1 Å². The molecule has 12 heteroatoms. The molecule has 1 aromatic heterocycles. The Morgan fingerprint density at radius 2 is 1.47 bits per heavy atom. The van der Waals surface area contributed by atoms with Crippen molar-refractivity contribution in [1.82, 2.24) is 10.3 Å². The van der Waals surface area contributed by atoms with Gasteiger partial charge in [0.1, 0.15) is 11.8 Å². The number of aliphatic carboxylic acids is 3. The number of benzene rings is 1. The third kappa shape index (κ3) is 14.2. The summed E-state index contributed by atoms with van der Waals surface area (Å²) < 4.78 is 5.07. The number of aliphatic hydroxyl groups is 1. The maximum Gasteiger partial charge on any atom is 0.337 e. The summed E-state index contributed by atoms with van der Waals surface area (Å²) in [6.07, 6.45) is 12.8. The minimum Gasteiger partial charge on any atom is -0.481 e. The van der Waals surface area contributed by atoms with Crippen LogP contribution in [0.5, 0.6) is 5.88 Å². The number of nitrogens with one attached hydrogen (secondary N) is 1. The Bertz CT molecular complexity index is 1390. The van der Waals surface area contributed by atoms with Crippen molar-refractivity contribution >= 4 is 29.6 Å². The van der Waals surface area contributed by atoms with E-state index in [1.54, 1.807) is 36.5 Å². The maximum atomic E-state index is 13.4. The van der Waals surface area contributed by atoms with E-state index in [4.69, 9.17) is 4.74 Å². The number of pyridine rings is 1. The molecule has 0 fully saturated rings. The molecule has 0 saturated carbocycles. The summed E-state index contributed by atoms with van der Waals surface area (Å²) in [4.78, 5) is 65.4. The van der Waals surface area contributed by atoms with Gasteiger partial charge in [0.2, 0.25) is 11.8 Å². The molecule has 12 nitrogen and oxygen atoms in total. The fourth-order valence-electron chi connectivity index (χ4n) is 5.44. The number of hydrogen-bond donors (Lipinski definition) is 5. The molecule has 2 aromatic rings. The number of ether oxygens (including phenoxy) is 1. The van der Waals surface area contributed by atoms with Crippen LogP contribution in [0.1, 0.15) is 96.0 Å². The summed E-state index contributed by atoms with van der Waals surface area (Å²) in [5.41, 5.74) is -0.866. The molecule has 0 aliphatic heterocycles. The lowest BCUT2D eigenvalue weighted by Gasteiger charge is -2.29. The van der Waals surface area contributed by atoms with Crippen LogP contribution in [0.3, 0.4) is 0 Å². The molecule has 0 bridgehead atoms. The Kier molecular flexibility index (Phi) is 17.7. The average molecular weight is 683 g/mol. The zero-order chi connectivity index (χ0) is 36.2. The van der Waals surface area contributed by atoms with Gasteiger partial charge in [0.15, 0.2) is 5.60 Å². The van der Waals surface area contributed by atoms with Crippen LogP contribution in [0.15, 0.2) is 54.7 Å². The fraction of sp³-hybridized carbons (Fsp3) is 0.514. The first-order valence-electron chi connectivity index (χ1n) is 16.9. The van der Waals surface area contributed by atoms with Crippen molar-refractivity contribution in [3.05, 3.63) is 60.3 Å². The monoisotopic (exact) mass is 682 g/mol. The van der Waals surface area contributed by atoms with Gasteiger partial charge in [0, 0.05) is 37.1 Å². The normalized spacial score (nSPS) is 13.7. The number of carbonyl (C=O) groups excluding carboxylic acids is 2. The van der Waals surface area contributed by atoms with Crippen molar-refractivity contribution in [2.24, 2.45) is 5.92 Å². The first-order chi connectivity index (χ1) is 23.4. The molecule has 0 aliphatic carbocycles. The zero-order valence-corrected chi connectivity index (χ0v) is 28.4. The van der Waals surface area contributed by atoms with E-state index >= 15 is 0 Å². The highest BCUT2D eigenvalue weighted by atomic mass is 16.5. The SMILES string of the molecule is CCCCCCCC(=O)CCCCCC/C=C/[C@H](C(=O)N[C@@H](Cc1ccc(-c2ccc(OC)nc2)cc1)C(=O)O)[C@@](O)(CC(=O)O)C(=O)O. The van der Waals surface area contributed by atoms with Crippen LogP contribution in [0.4, 0.5) is 0 Å². The number of aromatic nitrogens is 1. The molecule has 0 aliphatic rings. The molecule has 1 aromatic carbocycles. The number of carbonyl (C=O) groups is 5. The number of ketones is 1. The van der Waals surface area contributed by atoms with Crippen LogP contribution in [-0.2, 0) is 30.4 Å². The van der Waals surface area contributed by atoms with Crippen molar-refractivity contribution in [3.8, 4) is 17.0 Å². The van der Waals surface area contributed by atoms with E-state index in [0.29, 0.717) is 37.1 Å². The number of hydrogen-bond acceptors (Lipinski definition) is 8. The van der Waals surface area contributed by atoms with E-state index in [2.05, 4.69) is 17.2 Å². The van der Waals surface area contributed by atoms with Crippen molar-refractivity contribution in [3.63, 3.8) is 0 Å². The Hall–Kier alpha value is -4.58. The second kappa shape index (κ2) is 21.4. The Morgan fingerprint density at radius 1 is 0.857 bits per heavy atom. The van der Waals surface area contributed by atoms with Crippen LogP contribution in [-0.4, -0.2) is 73.8 Å². The summed E-state index contributed by atoms with van der Waals surface area (Å²) in [6.45, 7) is 2.15. The molecule has 3 atom stereocenters. The first-order valence-corrected chi connectivity index (χ1v) is 16.9. The molecule has 49 heavy (non-hydrogen) atoms. The lowest BCUT2D eigenvalue weighted by atomic mass is 9.82. The van der Waals surface area contributed by atoms with Crippen LogP contribution in [0, 0.1) is 5.92 Å². The predicted molar refractivity (Wildman–Crippen MR) is 183 cm³/mol. The van der Waals surface area contributed by atoms with Gasteiger partial charge in [-0.3, -0.25) is 14.4 Å². The van der Waals surface area contributed by atoms with Gasteiger partial charge in [-0.25, -0.2) is 14.6 Å². The van der Waals surface area contributed by atoms with E-state index in [0.717, 1.165) is 62.1 Å². The summed E-state index contributed by atoms with van der Waals surface area (Å²) in [7, 11) is 1.51. The second-order valence-electron chi connectivity index (χ2n) is 12.3. The highest BCUT2D eigenvalue weighted by molar-refractivity contribution is 5.94. The van der Waals surface area contributed by atoms with Gasteiger partial charge in [-0.05, 0) is 42.9 Å². The molecule has 268 valence electrons. The molecule has 1 amide bonds. The number of nitrogens with zero attached hydrogens (tertiary/aromatic N) is 1. The van der Waals surface area contributed by atoms with Gasteiger partial charge in [-0.1, -0.05) is 81.9 Å². The van der Waals surface area contributed by atoms with E-state index in [9.17, 15) is 44.4 Å². The maximum absolute atomic E-state index is 13.4. The van der Waals surface area contributed by atoms with Gasteiger partial charge < -0.3 is 30.5 Å². The van der Waals surface area contributed by atoms with Gasteiger partial charge in [0.25, 0.3) is 0 Å². The topological polar surface area (TPSA) is 200 Å². The number of carboxylic acids is 3. The van der Waals surface area contributed by atoms with Crippen molar-refractivity contribution < 1.29 is 49.1 Å². The Balaban J connectivity index is 2.03. The number of allylic oxidation sites excluding steroid dienone is 1. The zero-order valence-electron chi connectivity index (χ0n) is 28.4. The van der Waals surface area contributed by atoms with E-state index in [1.807, 2.05) is 6.07 Å². The lowest BCUT2D eigenvalue weighted by Crippen LogP contribution is -2.55. The van der Waals surface area contributed by atoms with Crippen molar-refractivity contribution in [1.29, 1.82) is 0 Å². The molecule has 5 N–H and O–H groups in total. The van der Waals surface area contributed by atoms with Crippen LogP contribution < -0.4 is 10.1 Å². The minimum absolute atomic E-state index is 0.162. The molecular formula is C37H50N2O10. The van der Waals surface area contributed by atoms with Crippen molar-refractivity contribution in [2.75, 3.05) is 7.11 Å².